The molecule has 0 amide bonds. The highest BCUT2D eigenvalue weighted by molar-refractivity contribution is 6.30. The molecule has 3 aromatic rings. The van der Waals surface area contributed by atoms with E-state index in [1.54, 1.807) is 18.2 Å². The van der Waals surface area contributed by atoms with Crippen molar-refractivity contribution in [3.8, 4) is 5.69 Å². The highest BCUT2D eigenvalue weighted by Gasteiger charge is 2.12. The van der Waals surface area contributed by atoms with Crippen molar-refractivity contribution in [1.82, 2.24) is 9.55 Å². The van der Waals surface area contributed by atoms with Gasteiger partial charge in [0.1, 0.15) is 5.82 Å². The first kappa shape index (κ1) is 12.9. The molecule has 1 N–H and O–H groups in total. The third-order valence-corrected chi connectivity index (χ3v) is 3.29. The fraction of sp³-hybridized carbons (Fsp3) is 0.133. The first-order chi connectivity index (χ1) is 9.69. The molecule has 0 atom stereocenters. The molecular weight excluding hydrogens is 277 g/mol. The van der Waals surface area contributed by atoms with E-state index in [2.05, 4.69) is 10.3 Å². The lowest BCUT2D eigenvalue weighted by molar-refractivity contribution is 0.629. The van der Waals surface area contributed by atoms with Crippen LogP contribution in [0.1, 0.15) is 6.92 Å². The molecule has 0 fully saturated rings. The fourth-order valence-corrected chi connectivity index (χ4v) is 2.30. The second-order valence-electron chi connectivity index (χ2n) is 4.41. The van der Waals surface area contributed by atoms with Gasteiger partial charge in [0.25, 0.3) is 0 Å². The van der Waals surface area contributed by atoms with Crippen LogP contribution in [0, 0.1) is 5.82 Å². The minimum absolute atomic E-state index is 0.282. The quantitative estimate of drug-likeness (QED) is 0.781. The van der Waals surface area contributed by atoms with Gasteiger partial charge in [-0.3, -0.25) is 4.57 Å². The molecule has 0 aliphatic rings. The molecule has 102 valence electrons. The van der Waals surface area contributed by atoms with Crippen LogP contribution in [-0.4, -0.2) is 16.1 Å². The average molecular weight is 290 g/mol. The van der Waals surface area contributed by atoms with Crippen molar-refractivity contribution in [3.05, 3.63) is 53.3 Å². The van der Waals surface area contributed by atoms with Gasteiger partial charge in [0.15, 0.2) is 0 Å². The van der Waals surface area contributed by atoms with Gasteiger partial charge < -0.3 is 5.32 Å². The van der Waals surface area contributed by atoms with E-state index in [0.29, 0.717) is 11.0 Å². The maximum atomic E-state index is 13.5. The van der Waals surface area contributed by atoms with E-state index in [0.717, 1.165) is 23.3 Å². The molecule has 20 heavy (non-hydrogen) atoms. The first-order valence-corrected chi connectivity index (χ1v) is 6.74. The monoisotopic (exact) mass is 289 g/mol. The molecule has 0 aliphatic carbocycles. The molecular formula is C15H13ClFN3. The normalized spacial score (nSPS) is 10.9. The second kappa shape index (κ2) is 5.13. The van der Waals surface area contributed by atoms with Crippen LogP contribution in [-0.2, 0) is 0 Å². The minimum atomic E-state index is -0.282. The molecule has 3 rings (SSSR count). The predicted octanol–water partition coefficient (Wildman–Crippen LogP) is 4.25. The summed E-state index contributed by atoms with van der Waals surface area (Å²) in [6.45, 7) is 2.73. The Labute approximate surface area is 121 Å². The van der Waals surface area contributed by atoms with Gasteiger partial charge in [0, 0.05) is 23.3 Å². The van der Waals surface area contributed by atoms with E-state index in [1.807, 2.05) is 23.6 Å². The van der Waals surface area contributed by atoms with Crippen molar-refractivity contribution < 1.29 is 4.39 Å². The summed E-state index contributed by atoms with van der Waals surface area (Å²) in [6.07, 6.45) is 0. The highest BCUT2D eigenvalue weighted by atomic mass is 35.5. The average Bonchev–Trinajstić information content (AvgIpc) is 2.78. The zero-order chi connectivity index (χ0) is 14.1. The third-order valence-electron chi connectivity index (χ3n) is 3.04. The summed E-state index contributed by atoms with van der Waals surface area (Å²) in [6, 6.07) is 12.0. The van der Waals surface area contributed by atoms with Crippen LogP contribution in [0.25, 0.3) is 16.7 Å². The van der Waals surface area contributed by atoms with E-state index in [4.69, 9.17) is 11.6 Å². The number of anilines is 1. The van der Waals surface area contributed by atoms with Gasteiger partial charge in [0.2, 0.25) is 5.95 Å². The number of nitrogens with zero attached hydrogens (tertiary/aromatic N) is 2. The van der Waals surface area contributed by atoms with Gasteiger partial charge in [-0.05, 0) is 43.3 Å². The number of imidazole rings is 1. The second-order valence-corrected chi connectivity index (χ2v) is 4.85. The Hall–Kier alpha value is -2.07. The van der Waals surface area contributed by atoms with E-state index in [9.17, 15) is 4.39 Å². The molecule has 1 heterocycles. The van der Waals surface area contributed by atoms with Gasteiger partial charge in [-0.25, -0.2) is 9.37 Å². The van der Waals surface area contributed by atoms with Crippen molar-refractivity contribution >= 4 is 28.6 Å². The van der Waals surface area contributed by atoms with E-state index >= 15 is 0 Å². The summed E-state index contributed by atoms with van der Waals surface area (Å²) < 4.78 is 15.4. The summed E-state index contributed by atoms with van der Waals surface area (Å²) in [4.78, 5) is 4.49. The number of hydrogen-bond donors (Lipinski definition) is 1. The zero-order valence-corrected chi connectivity index (χ0v) is 11.7. The Morgan fingerprint density at radius 1 is 1.20 bits per heavy atom. The van der Waals surface area contributed by atoms with Crippen LogP contribution in [0.2, 0.25) is 5.02 Å². The van der Waals surface area contributed by atoms with Crippen molar-refractivity contribution in [1.29, 1.82) is 0 Å². The summed E-state index contributed by atoms with van der Waals surface area (Å²) in [7, 11) is 0. The van der Waals surface area contributed by atoms with Crippen molar-refractivity contribution in [3.63, 3.8) is 0 Å². The Bertz CT molecular complexity index is 750. The van der Waals surface area contributed by atoms with Crippen molar-refractivity contribution in [2.24, 2.45) is 0 Å². The molecule has 0 unspecified atom stereocenters. The first-order valence-electron chi connectivity index (χ1n) is 6.37. The molecule has 1 aromatic heterocycles. The van der Waals surface area contributed by atoms with Crippen LogP contribution in [0.4, 0.5) is 10.3 Å². The molecule has 0 spiro atoms. The maximum absolute atomic E-state index is 13.5. The van der Waals surface area contributed by atoms with Crippen LogP contribution in [0.3, 0.4) is 0 Å². The molecule has 0 aliphatic heterocycles. The minimum Gasteiger partial charge on any atom is -0.356 e. The lowest BCUT2D eigenvalue weighted by Crippen LogP contribution is -2.05. The number of benzene rings is 2. The van der Waals surface area contributed by atoms with Gasteiger partial charge >= 0.3 is 0 Å². The molecule has 5 heteroatoms. The van der Waals surface area contributed by atoms with E-state index < -0.39 is 0 Å². The summed E-state index contributed by atoms with van der Waals surface area (Å²) in [5.41, 5.74) is 2.36. The maximum Gasteiger partial charge on any atom is 0.208 e. The predicted molar refractivity (Wildman–Crippen MR) is 80.2 cm³/mol. The molecule has 0 saturated carbocycles. The lowest BCUT2D eigenvalue weighted by Gasteiger charge is -2.09. The summed E-state index contributed by atoms with van der Waals surface area (Å²) in [5.74, 6) is 0.408. The Kier molecular flexibility index (Phi) is 3.32. The number of nitrogens with one attached hydrogen (secondary N) is 1. The van der Waals surface area contributed by atoms with Crippen molar-refractivity contribution in [2.45, 2.75) is 6.92 Å². The molecule has 0 radical (unpaired) electrons. The number of hydrogen-bond acceptors (Lipinski definition) is 2. The van der Waals surface area contributed by atoms with Crippen molar-refractivity contribution in [2.75, 3.05) is 11.9 Å². The number of aromatic nitrogens is 2. The van der Waals surface area contributed by atoms with E-state index in [1.165, 1.54) is 12.1 Å². The van der Waals surface area contributed by atoms with Crippen LogP contribution in [0.15, 0.2) is 42.5 Å². The number of fused-ring (bicyclic) bond motifs is 1. The molecule has 2 aromatic carbocycles. The van der Waals surface area contributed by atoms with Gasteiger partial charge in [0.05, 0.1) is 11.0 Å². The summed E-state index contributed by atoms with van der Waals surface area (Å²) >= 11 is 5.92. The lowest BCUT2D eigenvalue weighted by atomic mass is 10.2. The molecule has 0 saturated heterocycles. The number of halogens is 2. The van der Waals surface area contributed by atoms with Crippen LogP contribution < -0.4 is 5.32 Å². The van der Waals surface area contributed by atoms with Gasteiger partial charge in [-0.1, -0.05) is 11.6 Å². The zero-order valence-electron chi connectivity index (χ0n) is 10.9. The molecule has 0 bridgehead atoms. The number of rotatable bonds is 3. The van der Waals surface area contributed by atoms with Gasteiger partial charge in [-0.15, -0.1) is 0 Å². The standard InChI is InChI=1S/C15H13ClFN3/c1-2-18-15-19-13-8-5-11(17)9-14(13)20(15)12-6-3-10(16)4-7-12/h3-9H,2H2,1H3,(H,18,19). The van der Waals surface area contributed by atoms with Crippen LogP contribution in [0.5, 0.6) is 0 Å². The SMILES string of the molecule is CCNc1nc2ccc(F)cc2n1-c1ccc(Cl)cc1. The Morgan fingerprint density at radius 3 is 2.65 bits per heavy atom. The summed E-state index contributed by atoms with van der Waals surface area (Å²) in [5, 5.41) is 3.86. The molecule has 3 nitrogen and oxygen atoms in total. The Balaban J connectivity index is 2.27. The highest BCUT2D eigenvalue weighted by Crippen LogP contribution is 2.26. The van der Waals surface area contributed by atoms with Crippen LogP contribution >= 0.6 is 11.6 Å². The van der Waals surface area contributed by atoms with E-state index in [-0.39, 0.29) is 5.82 Å². The van der Waals surface area contributed by atoms with Gasteiger partial charge in [-0.2, -0.15) is 0 Å². The largest absolute Gasteiger partial charge is 0.356 e. The third kappa shape index (κ3) is 2.23. The Morgan fingerprint density at radius 2 is 1.95 bits per heavy atom. The topological polar surface area (TPSA) is 29.9 Å². The smallest absolute Gasteiger partial charge is 0.208 e. The fourth-order valence-electron chi connectivity index (χ4n) is 2.18.